The van der Waals surface area contributed by atoms with E-state index in [-0.39, 0.29) is 23.4 Å². The molecule has 3 rings (SSSR count). The van der Waals surface area contributed by atoms with Gasteiger partial charge < -0.3 is 15.1 Å². The molecule has 1 saturated heterocycles. The summed E-state index contributed by atoms with van der Waals surface area (Å²) in [5.74, 6) is -0.443. The molecule has 0 atom stereocenters. The number of carbonyl (C=O) groups is 2. The summed E-state index contributed by atoms with van der Waals surface area (Å²) in [6, 6.07) is 15.2. The van der Waals surface area contributed by atoms with Gasteiger partial charge in [-0.2, -0.15) is 0 Å². The Morgan fingerprint density at radius 3 is 2.53 bits per heavy atom. The number of halogens is 2. The van der Waals surface area contributed by atoms with Gasteiger partial charge in [-0.05, 0) is 56.1 Å². The van der Waals surface area contributed by atoms with Crippen LogP contribution < -0.4 is 5.32 Å². The molecule has 2 amide bonds. The predicted molar refractivity (Wildman–Crippen MR) is 121 cm³/mol. The van der Waals surface area contributed by atoms with Crippen molar-refractivity contribution in [2.24, 2.45) is 0 Å². The van der Waals surface area contributed by atoms with Gasteiger partial charge in [0.25, 0.3) is 5.91 Å². The lowest BCUT2D eigenvalue weighted by Crippen LogP contribution is -2.42. The lowest BCUT2D eigenvalue weighted by atomic mass is 10.1. The standard InChI is InChI=1S/C23H27Cl2N3O2/c24-19-9-10-20(21(25)16-19)23(30)26-17-22(29)28-13-5-12-27(14-15-28)11-4-8-18-6-2-1-3-7-18/h1-3,6-7,9-10,16H,4-5,8,11-15,17H2,(H,26,30). The van der Waals surface area contributed by atoms with E-state index in [0.29, 0.717) is 23.7 Å². The Labute approximate surface area is 187 Å². The fourth-order valence-corrected chi connectivity index (χ4v) is 4.13. The van der Waals surface area contributed by atoms with Crippen molar-refractivity contribution in [2.75, 3.05) is 39.3 Å². The van der Waals surface area contributed by atoms with E-state index in [0.717, 1.165) is 38.9 Å². The molecular weight excluding hydrogens is 421 g/mol. The normalized spacial score (nSPS) is 14.9. The van der Waals surface area contributed by atoms with E-state index in [1.54, 1.807) is 12.1 Å². The zero-order valence-corrected chi connectivity index (χ0v) is 18.5. The quantitative estimate of drug-likeness (QED) is 0.700. The Balaban J connectivity index is 1.41. The van der Waals surface area contributed by atoms with Gasteiger partial charge in [0, 0.05) is 24.7 Å². The Kier molecular flexibility index (Phi) is 8.55. The molecule has 0 saturated carbocycles. The molecule has 30 heavy (non-hydrogen) atoms. The minimum atomic E-state index is -0.373. The molecule has 1 aliphatic heterocycles. The number of hydrogen-bond donors (Lipinski definition) is 1. The largest absolute Gasteiger partial charge is 0.343 e. The summed E-state index contributed by atoms with van der Waals surface area (Å²) in [7, 11) is 0. The molecule has 1 heterocycles. The fourth-order valence-electron chi connectivity index (χ4n) is 3.63. The average molecular weight is 448 g/mol. The first-order valence-corrected chi connectivity index (χ1v) is 11.1. The van der Waals surface area contributed by atoms with Crippen molar-refractivity contribution in [3.8, 4) is 0 Å². The number of nitrogens with one attached hydrogen (secondary N) is 1. The number of carbonyl (C=O) groups excluding carboxylic acids is 2. The Bertz CT molecular complexity index is 861. The van der Waals surface area contributed by atoms with Crippen molar-refractivity contribution in [3.05, 3.63) is 69.7 Å². The maximum atomic E-state index is 12.6. The second-order valence-corrected chi connectivity index (χ2v) is 8.32. The molecule has 0 aliphatic carbocycles. The first-order chi connectivity index (χ1) is 14.5. The van der Waals surface area contributed by atoms with Crippen molar-refractivity contribution < 1.29 is 9.59 Å². The minimum Gasteiger partial charge on any atom is -0.343 e. The zero-order valence-electron chi connectivity index (χ0n) is 16.9. The van der Waals surface area contributed by atoms with Gasteiger partial charge in [-0.1, -0.05) is 53.5 Å². The monoisotopic (exact) mass is 447 g/mol. The van der Waals surface area contributed by atoms with Crippen molar-refractivity contribution in [2.45, 2.75) is 19.3 Å². The van der Waals surface area contributed by atoms with Crippen LogP contribution in [-0.2, 0) is 11.2 Å². The Morgan fingerprint density at radius 2 is 1.77 bits per heavy atom. The summed E-state index contributed by atoms with van der Waals surface area (Å²) in [5.41, 5.74) is 1.68. The highest BCUT2D eigenvalue weighted by Gasteiger charge is 2.20. The summed E-state index contributed by atoms with van der Waals surface area (Å²) >= 11 is 11.9. The number of rotatable bonds is 7. The number of amides is 2. The summed E-state index contributed by atoms with van der Waals surface area (Å²) in [4.78, 5) is 29.1. The maximum Gasteiger partial charge on any atom is 0.253 e. The Morgan fingerprint density at radius 1 is 0.967 bits per heavy atom. The molecule has 7 heteroatoms. The van der Waals surface area contributed by atoms with Gasteiger partial charge in [-0.3, -0.25) is 9.59 Å². The van der Waals surface area contributed by atoms with Crippen LogP contribution in [0.3, 0.4) is 0 Å². The molecule has 1 fully saturated rings. The van der Waals surface area contributed by atoms with E-state index in [1.165, 1.54) is 11.6 Å². The zero-order chi connectivity index (χ0) is 21.3. The molecule has 0 radical (unpaired) electrons. The molecule has 0 spiro atoms. The second kappa shape index (κ2) is 11.3. The highest BCUT2D eigenvalue weighted by molar-refractivity contribution is 6.36. The van der Waals surface area contributed by atoms with Crippen LogP contribution in [-0.4, -0.2) is 60.9 Å². The summed E-state index contributed by atoms with van der Waals surface area (Å²) in [5, 5.41) is 3.40. The van der Waals surface area contributed by atoms with E-state index < -0.39 is 0 Å². The molecule has 0 unspecified atom stereocenters. The van der Waals surface area contributed by atoms with Crippen LogP contribution in [0.15, 0.2) is 48.5 Å². The summed E-state index contributed by atoms with van der Waals surface area (Å²) < 4.78 is 0. The molecule has 1 aliphatic rings. The minimum absolute atomic E-state index is 0.0359. The fraction of sp³-hybridized carbons (Fsp3) is 0.391. The van der Waals surface area contributed by atoms with Crippen molar-refractivity contribution in [1.29, 1.82) is 0 Å². The van der Waals surface area contributed by atoms with Gasteiger partial charge in [0.05, 0.1) is 17.1 Å². The molecular formula is C23H27Cl2N3O2. The van der Waals surface area contributed by atoms with E-state index in [2.05, 4.69) is 34.5 Å². The van der Waals surface area contributed by atoms with Gasteiger partial charge in [0.15, 0.2) is 0 Å². The summed E-state index contributed by atoms with van der Waals surface area (Å²) in [6.45, 7) is 4.24. The molecule has 0 bridgehead atoms. The Hall–Kier alpha value is -2.08. The van der Waals surface area contributed by atoms with Gasteiger partial charge in [0.2, 0.25) is 5.91 Å². The van der Waals surface area contributed by atoms with Gasteiger partial charge in [-0.15, -0.1) is 0 Å². The smallest absolute Gasteiger partial charge is 0.253 e. The van der Waals surface area contributed by atoms with Crippen LogP contribution in [0, 0.1) is 0 Å². The van der Waals surface area contributed by atoms with Gasteiger partial charge >= 0.3 is 0 Å². The molecule has 160 valence electrons. The SMILES string of the molecule is O=C(NCC(=O)N1CCCN(CCCc2ccccc2)CC1)c1ccc(Cl)cc1Cl. The van der Waals surface area contributed by atoms with Crippen molar-refractivity contribution >= 4 is 35.0 Å². The number of hydrogen-bond acceptors (Lipinski definition) is 3. The van der Waals surface area contributed by atoms with Gasteiger partial charge in [-0.25, -0.2) is 0 Å². The first-order valence-electron chi connectivity index (χ1n) is 10.3. The number of benzene rings is 2. The highest BCUT2D eigenvalue weighted by atomic mass is 35.5. The predicted octanol–water partition coefficient (Wildman–Crippen LogP) is 3.89. The maximum absolute atomic E-state index is 12.6. The molecule has 2 aromatic rings. The third-order valence-electron chi connectivity index (χ3n) is 5.30. The third kappa shape index (κ3) is 6.73. The molecule has 1 N–H and O–H groups in total. The lowest BCUT2D eigenvalue weighted by Gasteiger charge is -2.22. The highest BCUT2D eigenvalue weighted by Crippen LogP contribution is 2.20. The van der Waals surface area contributed by atoms with E-state index in [9.17, 15) is 9.59 Å². The summed E-state index contributed by atoms with van der Waals surface area (Å²) in [6.07, 6.45) is 3.11. The van der Waals surface area contributed by atoms with Crippen LogP contribution in [0.25, 0.3) is 0 Å². The first kappa shape index (κ1) is 22.6. The average Bonchev–Trinajstić information content (AvgIpc) is 2.98. The van der Waals surface area contributed by atoms with Crippen LogP contribution >= 0.6 is 23.2 Å². The van der Waals surface area contributed by atoms with Gasteiger partial charge in [0.1, 0.15) is 0 Å². The molecule has 0 aromatic heterocycles. The van der Waals surface area contributed by atoms with E-state index in [1.807, 2.05) is 11.0 Å². The van der Waals surface area contributed by atoms with Crippen LogP contribution in [0.1, 0.15) is 28.8 Å². The third-order valence-corrected chi connectivity index (χ3v) is 5.85. The van der Waals surface area contributed by atoms with Crippen LogP contribution in [0.5, 0.6) is 0 Å². The van der Waals surface area contributed by atoms with E-state index in [4.69, 9.17) is 23.2 Å². The topological polar surface area (TPSA) is 52.7 Å². The van der Waals surface area contributed by atoms with Crippen molar-refractivity contribution in [3.63, 3.8) is 0 Å². The van der Waals surface area contributed by atoms with E-state index >= 15 is 0 Å². The molecule has 5 nitrogen and oxygen atoms in total. The number of aryl methyl sites for hydroxylation is 1. The lowest BCUT2D eigenvalue weighted by molar-refractivity contribution is -0.130. The molecule has 2 aromatic carbocycles. The second-order valence-electron chi connectivity index (χ2n) is 7.47. The number of nitrogens with zero attached hydrogens (tertiary/aromatic N) is 2. The van der Waals surface area contributed by atoms with Crippen molar-refractivity contribution in [1.82, 2.24) is 15.1 Å². The van der Waals surface area contributed by atoms with Crippen LogP contribution in [0.2, 0.25) is 10.0 Å². The van der Waals surface area contributed by atoms with Crippen LogP contribution in [0.4, 0.5) is 0 Å².